The summed E-state index contributed by atoms with van der Waals surface area (Å²) in [6, 6.07) is 3.61. The van der Waals surface area contributed by atoms with Crippen LogP contribution < -0.4 is 20.1 Å². The van der Waals surface area contributed by atoms with E-state index in [1.807, 2.05) is 6.07 Å². The molecule has 1 aromatic carbocycles. The molecular formula is C12H11BrN2O3S. The third kappa shape index (κ3) is 2.87. The molecule has 1 fully saturated rings. The summed E-state index contributed by atoms with van der Waals surface area (Å²) in [7, 11) is 3.09. The first kappa shape index (κ1) is 13.8. The quantitative estimate of drug-likeness (QED) is 0.648. The summed E-state index contributed by atoms with van der Waals surface area (Å²) in [5.74, 6) is 0.848. The Balaban J connectivity index is 2.50. The second-order valence-electron chi connectivity index (χ2n) is 3.70. The molecule has 19 heavy (non-hydrogen) atoms. The Morgan fingerprint density at radius 1 is 1.26 bits per heavy atom. The zero-order chi connectivity index (χ0) is 14.0. The fraction of sp³-hybridized carbons (Fsp3) is 0.167. The summed E-state index contributed by atoms with van der Waals surface area (Å²) < 4.78 is 11.4. The Morgan fingerprint density at radius 2 is 2.00 bits per heavy atom. The summed E-state index contributed by atoms with van der Waals surface area (Å²) in [6.07, 6.45) is 1.65. The van der Waals surface area contributed by atoms with Gasteiger partial charge in [-0.05, 0) is 30.4 Å². The number of benzene rings is 1. The minimum atomic E-state index is -0.272. The molecule has 0 aromatic heterocycles. The summed E-state index contributed by atoms with van der Waals surface area (Å²) in [5, 5.41) is 5.57. The first-order valence-corrected chi connectivity index (χ1v) is 6.51. The molecule has 2 N–H and O–H groups in total. The van der Waals surface area contributed by atoms with E-state index in [2.05, 4.69) is 26.6 Å². The van der Waals surface area contributed by atoms with Crippen LogP contribution in [0.3, 0.4) is 0 Å². The van der Waals surface area contributed by atoms with Gasteiger partial charge in [0, 0.05) is 10.0 Å². The number of nitrogens with one attached hydrogen (secondary N) is 2. The van der Waals surface area contributed by atoms with E-state index in [0.717, 1.165) is 4.47 Å². The van der Waals surface area contributed by atoms with Crippen LogP contribution in [-0.2, 0) is 4.79 Å². The Morgan fingerprint density at radius 3 is 2.53 bits per heavy atom. The zero-order valence-corrected chi connectivity index (χ0v) is 12.6. The van der Waals surface area contributed by atoms with Crippen molar-refractivity contribution < 1.29 is 14.3 Å². The number of ether oxygens (including phenoxy) is 2. The van der Waals surface area contributed by atoms with Crippen LogP contribution in [0.5, 0.6) is 11.5 Å². The molecule has 0 spiro atoms. The molecule has 1 amide bonds. The molecule has 5 nitrogen and oxygen atoms in total. The van der Waals surface area contributed by atoms with Crippen molar-refractivity contribution in [2.24, 2.45) is 0 Å². The predicted octanol–water partition coefficient (Wildman–Crippen LogP) is 1.81. The molecule has 0 radical (unpaired) electrons. The number of methoxy groups -OCH3 is 2. The molecule has 0 aliphatic carbocycles. The van der Waals surface area contributed by atoms with Crippen LogP contribution in [-0.4, -0.2) is 25.2 Å². The van der Waals surface area contributed by atoms with Crippen molar-refractivity contribution >= 4 is 45.2 Å². The van der Waals surface area contributed by atoms with Crippen LogP contribution in [0.4, 0.5) is 0 Å². The maximum absolute atomic E-state index is 11.6. The number of hydrogen-bond donors (Lipinski definition) is 2. The van der Waals surface area contributed by atoms with Gasteiger partial charge in [0.05, 0.1) is 14.2 Å². The number of hydrogen-bond acceptors (Lipinski definition) is 4. The van der Waals surface area contributed by atoms with Crippen LogP contribution in [0.25, 0.3) is 6.08 Å². The van der Waals surface area contributed by atoms with Gasteiger partial charge in [0.15, 0.2) is 16.6 Å². The van der Waals surface area contributed by atoms with Crippen molar-refractivity contribution in [1.29, 1.82) is 0 Å². The van der Waals surface area contributed by atoms with Crippen molar-refractivity contribution in [2.75, 3.05) is 14.2 Å². The minimum Gasteiger partial charge on any atom is -0.493 e. The van der Waals surface area contributed by atoms with Crippen molar-refractivity contribution in [3.05, 3.63) is 27.9 Å². The van der Waals surface area contributed by atoms with E-state index in [1.165, 1.54) is 0 Å². The van der Waals surface area contributed by atoms with Crippen molar-refractivity contribution in [1.82, 2.24) is 10.6 Å². The van der Waals surface area contributed by atoms with Gasteiger partial charge in [-0.25, -0.2) is 0 Å². The van der Waals surface area contributed by atoms with Crippen LogP contribution in [0.1, 0.15) is 5.56 Å². The largest absolute Gasteiger partial charge is 0.493 e. The van der Waals surface area contributed by atoms with E-state index < -0.39 is 0 Å². The summed E-state index contributed by atoms with van der Waals surface area (Å²) in [6.45, 7) is 0. The first-order chi connectivity index (χ1) is 9.05. The molecule has 7 heteroatoms. The summed E-state index contributed by atoms with van der Waals surface area (Å²) in [5.41, 5.74) is 1.07. The molecule has 100 valence electrons. The molecular weight excluding hydrogens is 332 g/mol. The number of amides is 1. The van der Waals surface area contributed by atoms with Crippen molar-refractivity contribution in [3.63, 3.8) is 0 Å². The molecule has 1 aromatic rings. The second kappa shape index (κ2) is 5.58. The molecule has 2 rings (SSSR count). The molecule has 1 aliphatic rings. The lowest BCUT2D eigenvalue weighted by molar-refractivity contribution is -0.115. The lowest BCUT2D eigenvalue weighted by Gasteiger charge is -2.11. The summed E-state index contributed by atoms with van der Waals surface area (Å²) in [4.78, 5) is 11.6. The average molecular weight is 343 g/mol. The standard InChI is InChI=1S/C12H11BrN2O3S/c1-17-9-5-7(13)3-6(10(9)18-2)4-8-11(16)15-12(19)14-8/h3-5H,1-2H3,(H2,14,15,16,19)/b8-4+. The molecule has 0 saturated carbocycles. The van der Waals surface area contributed by atoms with Gasteiger partial charge < -0.3 is 14.8 Å². The van der Waals surface area contributed by atoms with Gasteiger partial charge in [-0.15, -0.1) is 0 Å². The zero-order valence-electron chi connectivity index (χ0n) is 10.2. The monoisotopic (exact) mass is 342 g/mol. The topological polar surface area (TPSA) is 59.6 Å². The van der Waals surface area contributed by atoms with Crippen molar-refractivity contribution in [3.8, 4) is 11.5 Å². The smallest absolute Gasteiger partial charge is 0.273 e. The van der Waals surface area contributed by atoms with E-state index in [1.54, 1.807) is 26.4 Å². The van der Waals surface area contributed by atoms with Crippen LogP contribution in [0, 0.1) is 0 Å². The van der Waals surface area contributed by atoms with Gasteiger partial charge in [-0.1, -0.05) is 15.9 Å². The van der Waals surface area contributed by atoms with Gasteiger partial charge >= 0.3 is 0 Å². The SMILES string of the molecule is COc1cc(Br)cc(/C=C2/NC(=S)NC2=O)c1OC. The Hall–Kier alpha value is -1.60. The average Bonchev–Trinajstić information content (AvgIpc) is 2.67. The van der Waals surface area contributed by atoms with Gasteiger partial charge in [-0.2, -0.15) is 0 Å². The third-order valence-electron chi connectivity index (χ3n) is 2.49. The van der Waals surface area contributed by atoms with Gasteiger partial charge in [-0.3, -0.25) is 10.1 Å². The normalized spacial score (nSPS) is 16.3. The van der Waals surface area contributed by atoms with Gasteiger partial charge in [0.2, 0.25) is 0 Å². The summed E-state index contributed by atoms with van der Waals surface area (Å²) >= 11 is 8.26. The molecule has 1 aliphatic heterocycles. The Labute approximate surface area is 124 Å². The van der Waals surface area contributed by atoms with E-state index in [-0.39, 0.29) is 11.0 Å². The Kier molecular flexibility index (Phi) is 4.06. The van der Waals surface area contributed by atoms with Crippen LogP contribution in [0.15, 0.2) is 22.3 Å². The highest BCUT2D eigenvalue weighted by atomic mass is 79.9. The first-order valence-electron chi connectivity index (χ1n) is 5.30. The van der Waals surface area contributed by atoms with E-state index >= 15 is 0 Å². The number of carbonyl (C=O) groups is 1. The van der Waals surface area contributed by atoms with E-state index in [4.69, 9.17) is 21.7 Å². The highest BCUT2D eigenvalue weighted by molar-refractivity contribution is 9.10. The third-order valence-corrected chi connectivity index (χ3v) is 3.15. The highest BCUT2D eigenvalue weighted by Gasteiger charge is 2.21. The van der Waals surface area contributed by atoms with Crippen molar-refractivity contribution in [2.45, 2.75) is 0 Å². The lowest BCUT2D eigenvalue weighted by Crippen LogP contribution is -2.21. The van der Waals surface area contributed by atoms with E-state index in [0.29, 0.717) is 22.8 Å². The number of rotatable bonds is 3. The fourth-order valence-electron chi connectivity index (χ4n) is 1.70. The second-order valence-corrected chi connectivity index (χ2v) is 5.02. The minimum absolute atomic E-state index is 0.272. The Bertz CT molecular complexity index is 587. The predicted molar refractivity (Wildman–Crippen MR) is 79.1 cm³/mol. The number of thiocarbonyl (C=S) groups is 1. The van der Waals surface area contributed by atoms with Gasteiger partial charge in [0.1, 0.15) is 5.70 Å². The molecule has 0 atom stereocenters. The van der Waals surface area contributed by atoms with E-state index in [9.17, 15) is 4.79 Å². The maximum Gasteiger partial charge on any atom is 0.273 e. The molecule has 0 bridgehead atoms. The maximum atomic E-state index is 11.6. The van der Waals surface area contributed by atoms with Crippen LogP contribution in [0.2, 0.25) is 0 Å². The number of halogens is 1. The molecule has 1 heterocycles. The highest BCUT2D eigenvalue weighted by Crippen LogP contribution is 2.35. The molecule has 1 saturated heterocycles. The molecule has 0 unspecified atom stereocenters. The lowest BCUT2D eigenvalue weighted by atomic mass is 10.1. The fourth-order valence-corrected chi connectivity index (χ4v) is 2.36. The number of carbonyl (C=O) groups excluding carboxylic acids is 1. The van der Waals surface area contributed by atoms with Gasteiger partial charge in [0.25, 0.3) is 5.91 Å². The van der Waals surface area contributed by atoms with Crippen LogP contribution >= 0.6 is 28.1 Å².